The van der Waals surface area contributed by atoms with E-state index < -0.39 is 60.0 Å². The van der Waals surface area contributed by atoms with Crippen molar-refractivity contribution in [3.8, 4) is 0 Å². The van der Waals surface area contributed by atoms with Gasteiger partial charge in [-0.3, -0.25) is 33.8 Å². The third-order valence-corrected chi connectivity index (χ3v) is 7.88. The molecule has 0 fully saturated rings. The Labute approximate surface area is 275 Å². The van der Waals surface area contributed by atoms with Crippen molar-refractivity contribution >= 4 is 62.8 Å². The quantitative estimate of drug-likeness (QED) is 0.0404. The summed E-state index contributed by atoms with van der Waals surface area (Å²) in [6.07, 6.45) is 0.171. The van der Waals surface area contributed by atoms with Crippen molar-refractivity contribution in [2.24, 2.45) is 22.2 Å². The van der Waals surface area contributed by atoms with Gasteiger partial charge < -0.3 is 38.5 Å². The number of rotatable bonds is 18. The third-order valence-electron chi connectivity index (χ3n) is 6.83. The van der Waals surface area contributed by atoms with Gasteiger partial charge in [0, 0.05) is 26.3 Å². The topological polar surface area (TPSA) is 254 Å². The Bertz CT molecular complexity index is 1570. The van der Waals surface area contributed by atoms with Gasteiger partial charge in [0.1, 0.15) is 12.1 Å². The largest absolute Gasteiger partial charge is 0.370 e. The minimum Gasteiger partial charge on any atom is -0.370 e. The summed E-state index contributed by atoms with van der Waals surface area (Å²) in [7, 11) is 0. The van der Waals surface area contributed by atoms with Crippen molar-refractivity contribution in [1.29, 1.82) is 0 Å². The number of nitrogens with one attached hydrogen (secondary N) is 4. The maximum atomic E-state index is 13.9. The minimum absolute atomic E-state index is 0.0385. The predicted octanol–water partition coefficient (Wildman–Crippen LogP) is -0.369. The van der Waals surface area contributed by atoms with Gasteiger partial charge in [-0.2, -0.15) is 0 Å². The van der Waals surface area contributed by atoms with E-state index in [-0.39, 0.29) is 43.2 Å². The summed E-state index contributed by atoms with van der Waals surface area (Å²) in [5, 5.41) is 10.5. The third kappa shape index (κ3) is 12.1. The summed E-state index contributed by atoms with van der Waals surface area (Å²) in [5.74, 6) is -3.79. The number of thiazole rings is 1. The standard InChI is InChI=1S/C31H39N9O6S/c1-18(41)36-17-26(43)37-22(13-14-25(32)42)28(45)39-23(16-19-8-3-2-4-9-19)29(46)38-21(11-7-15-35-31(33)34)27(44)30-40-20-10-5-6-12-24(20)47-30/h2-6,8-10,12,21-23H,7,11,13-17H2,1H3,(H2,32,42)(H,36,41)(H,37,43)(H,38,46)(H,39,45)(H4,33,34,35)/t21-,22-,23-/m0/s1. The minimum atomic E-state index is -1.26. The second-order valence-corrected chi connectivity index (χ2v) is 11.7. The van der Waals surface area contributed by atoms with Crippen LogP contribution in [0.2, 0.25) is 0 Å². The fraction of sp³-hybridized carbons (Fsp3) is 0.355. The fourth-order valence-corrected chi connectivity index (χ4v) is 5.47. The lowest BCUT2D eigenvalue weighted by molar-refractivity contribution is -0.132. The van der Waals surface area contributed by atoms with E-state index in [4.69, 9.17) is 17.2 Å². The zero-order valence-corrected chi connectivity index (χ0v) is 26.7. The molecule has 3 aromatic rings. The van der Waals surface area contributed by atoms with Crippen LogP contribution < -0.4 is 38.5 Å². The van der Waals surface area contributed by atoms with Crippen molar-refractivity contribution in [2.45, 2.75) is 57.2 Å². The number of primary amides is 1. The Morgan fingerprint density at radius 3 is 2.15 bits per heavy atom. The van der Waals surface area contributed by atoms with Gasteiger partial charge in [-0.1, -0.05) is 42.5 Å². The van der Waals surface area contributed by atoms with Gasteiger partial charge in [-0.25, -0.2) is 4.98 Å². The first-order valence-electron chi connectivity index (χ1n) is 14.8. The average Bonchev–Trinajstić information content (AvgIpc) is 3.47. The molecule has 3 rings (SSSR count). The summed E-state index contributed by atoms with van der Waals surface area (Å²) in [6, 6.07) is 12.7. The highest BCUT2D eigenvalue weighted by molar-refractivity contribution is 7.20. The van der Waals surface area contributed by atoms with E-state index in [1.165, 1.54) is 18.3 Å². The van der Waals surface area contributed by atoms with E-state index >= 15 is 0 Å². The summed E-state index contributed by atoms with van der Waals surface area (Å²) in [5.41, 5.74) is 17.5. The van der Waals surface area contributed by atoms with E-state index in [1.807, 2.05) is 12.1 Å². The van der Waals surface area contributed by atoms with Crippen LogP contribution in [0.3, 0.4) is 0 Å². The number of carbonyl (C=O) groups excluding carboxylic acids is 6. The fourth-order valence-electron chi connectivity index (χ4n) is 4.51. The lowest BCUT2D eigenvalue weighted by Gasteiger charge is -2.25. The van der Waals surface area contributed by atoms with E-state index in [0.29, 0.717) is 17.5 Å². The summed E-state index contributed by atoms with van der Waals surface area (Å²) >= 11 is 1.20. The van der Waals surface area contributed by atoms with Gasteiger partial charge in [0.2, 0.25) is 35.3 Å². The predicted molar refractivity (Wildman–Crippen MR) is 177 cm³/mol. The van der Waals surface area contributed by atoms with Crippen LogP contribution in [0.25, 0.3) is 10.2 Å². The number of para-hydroxylation sites is 1. The Morgan fingerprint density at radius 1 is 0.830 bits per heavy atom. The van der Waals surface area contributed by atoms with Crippen LogP contribution in [0.1, 0.15) is 48.0 Å². The normalized spacial score (nSPS) is 12.6. The van der Waals surface area contributed by atoms with Crippen LogP contribution in [-0.4, -0.2) is 77.5 Å². The SMILES string of the molecule is CC(=O)NCC(=O)N[C@@H](CCC(N)=O)C(=O)N[C@@H](Cc1ccccc1)C(=O)N[C@@H](CCCN=C(N)N)C(=O)c1nc2ccccc2s1. The van der Waals surface area contributed by atoms with Crippen LogP contribution in [0, 0.1) is 0 Å². The van der Waals surface area contributed by atoms with Gasteiger partial charge in [0.15, 0.2) is 11.0 Å². The summed E-state index contributed by atoms with van der Waals surface area (Å²) in [4.78, 5) is 84.6. The molecule has 16 heteroatoms. The first-order chi connectivity index (χ1) is 22.4. The van der Waals surface area contributed by atoms with Gasteiger partial charge in [-0.15, -0.1) is 11.3 Å². The summed E-state index contributed by atoms with van der Waals surface area (Å²) < 4.78 is 0.804. The number of benzene rings is 2. The van der Waals surface area contributed by atoms with Crippen molar-refractivity contribution in [1.82, 2.24) is 26.3 Å². The Morgan fingerprint density at radius 2 is 1.49 bits per heavy atom. The van der Waals surface area contributed by atoms with Crippen LogP contribution in [0.5, 0.6) is 0 Å². The van der Waals surface area contributed by atoms with Gasteiger partial charge in [0.25, 0.3) is 0 Å². The number of hydrogen-bond donors (Lipinski definition) is 7. The van der Waals surface area contributed by atoms with E-state index in [2.05, 4.69) is 31.2 Å². The van der Waals surface area contributed by atoms with Crippen molar-refractivity contribution in [3.05, 3.63) is 65.2 Å². The number of amides is 5. The van der Waals surface area contributed by atoms with Crippen LogP contribution in [0.4, 0.5) is 0 Å². The lowest BCUT2D eigenvalue weighted by Crippen LogP contribution is -2.57. The lowest BCUT2D eigenvalue weighted by atomic mass is 10.0. The van der Waals surface area contributed by atoms with E-state index in [0.717, 1.165) is 4.70 Å². The number of aliphatic imine (C=N–C) groups is 1. The zero-order valence-electron chi connectivity index (χ0n) is 25.9. The number of carbonyl (C=O) groups is 6. The summed E-state index contributed by atoms with van der Waals surface area (Å²) in [6.45, 7) is 1.04. The highest BCUT2D eigenvalue weighted by Crippen LogP contribution is 2.23. The number of nitrogens with two attached hydrogens (primary N) is 3. The van der Waals surface area contributed by atoms with E-state index in [1.54, 1.807) is 42.5 Å². The number of aromatic nitrogens is 1. The second-order valence-electron chi connectivity index (χ2n) is 10.6. The first-order valence-corrected chi connectivity index (χ1v) is 15.7. The van der Waals surface area contributed by atoms with Gasteiger partial charge in [-0.05, 0) is 37.0 Å². The molecule has 0 aliphatic heterocycles. The zero-order chi connectivity index (χ0) is 34.3. The molecule has 0 spiro atoms. The molecule has 250 valence electrons. The average molecular weight is 666 g/mol. The molecule has 5 amide bonds. The molecule has 0 unspecified atom stereocenters. The molecule has 3 atom stereocenters. The van der Waals surface area contributed by atoms with Gasteiger partial charge in [0.05, 0.1) is 22.8 Å². The molecule has 10 N–H and O–H groups in total. The molecule has 0 aliphatic carbocycles. The molecule has 0 bridgehead atoms. The molecule has 0 saturated heterocycles. The van der Waals surface area contributed by atoms with Gasteiger partial charge >= 0.3 is 0 Å². The molecule has 15 nitrogen and oxygen atoms in total. The highest BCUT2D eigenvalue weighted by Gasteiger charge is 2.31. The number of nitrogens with zero attached hydrogens (tertiary/aromatic N) is 2. The molecule has 47 heavy (non-hydrogen) atoms. The smallest absolute Gasteiger partial charge is 0.243 e. The molecule has 0 aliphatic rings. The first kappa shape index (κ1) is 36.1. The van der Waals surface area contributed by atoms with E-state index in [9.17, 15) is 28.8 Å². The molecule has 2 aromatic carbocycles. The van der Waals surface area contributed by atoms with Crippen LogP contribution in [0.15, 0.2) is 59.6 Å². The maximum Gasteiger partial charge on any atom is 0.243 e. The Kier molecular flexibility index (Phi) is 13.8. The van der Waals surface area contributed by atoms with Crippen molar-refractivity contribution in [2.75, 3.05) is 13.1 Å². The number of guanidine groups is 1. The maximum absolute atomic E-state index is 13.9. The molecule has 0 radical (unpaired) electrons. The van der Waals surface area contributed by atoms with Crippen molar-refractivity contribution in [3.63, 3.8) is 0 Å². The van der Waals surface area contributed by atoms with Crippen LogP contribution in [-0.2, 0) is 30.4 Å². The molecule has 1 heterocycles. The monoisotopic (exact) mass is 665 g/mol. The number of Topliss-reactive ketones (excluding diaryl/α,β-unsaturated/α-hetero) is 1. The molecular weight excluding hydrogens is 626 g/mol. The Hall–Kier alpha value is -5.38. The van der Waals surface area contributed by atoms with Crippen LogP contribution >= 0.6 is 11.3 Å². The molecular formula is C31H39N9O6S. The second kappa shape index (κ2) is 17.9. The highest BCUT2D eigenvalue weighted by atomic mass is 32.1. The Balaban J connectivity index is 1.86. The molecule has 1 aromatic heterocycles. The van der Waals surface area contributed by atoms with Crippen molar-refractivity contribution < 1.29 is 28.8 Å². The number of fused-ring (bicyclic) bond motifs is 1. The number of ketones is 1. The molecule has 0 saturated carbocycles. The number of hydrogen-bond acceptors (Lipinski definition) is 9.